The quantitative estimate of drug-likeness (QED) is 0.573. The molecule has 1 heterocycles. The summed E-state index contributed by atoms with van der Waals surface area (Å²) in [4.78, 5) is 21.0. The third kappa shape index (κ3) is 1.15. The lowest BCUT2D eigenvalue weighted by Gasteiger charge is -1.83. The summed E-state index contributed by atoms with van der Waals surface area (Å²) in [6, 6.07) is 0. The zero-order valence-electron chi connectivity index (χ0n) is 5.42. The molecule has 0 aliphatic heterocycles. The van der Waals surface area contributed by atoms with Crippen molar-refractivity contribution in [2.24, 2.45) is 0 Å². The highest BCUT2D eigenvalue weighted by Gasteiger charge is 2.08. The molecule has 10 heavy (non-hydrogen) atoms. The van der Waals surface area contributed by atoms with Crippen molar-refractivity contribution in [1.82, 2.24) is 0 Å². The van der Waals surface area contributed by atoms with Crippen LogP contribution < -0.4 is 5.82 Å². The minimum atomic E-state index is -0.836. The first kappa shape index (κ1) is 6.80. The van der Waals surface area contributed by atoms with Gasteiger partial charge in [-0.25, -0.2) is 4.79 Å². The highest BCUT2D eigenvalue weighted by atomic mass is 16.6. The fourth-order valence-corrected chi connectivity index (χ4v) is 0.536. The van der Waals surface area contributed by atoms with Crippen molar-refractivity contribution in [3.8, 4) is 0 Å². The van der Waals surface area contributed by atoms with Crippen molar-refractivity contribution >= 4 is 5.78 Å². The number of carbonyl (C=O) groups is 1. The molecule has 0 aliphatic carbocycles. The van der Waals surface area contributed by atoms with Gasteiger partial charge in [-0.3, -0.25) is 4.79 Å². The van der Waals surface area contributed by atoms with E-state index in [0.717, 1.165) is 6.26 Å². The summed E-state index contributed by atoms with van der Waals surface area (Å²) in [6.45, 7) is 1.68. The van der Waals surface area contributed by atoms with Crippen LogP contribution in [0.5, 0.6) is 0 Å². The van der Waals surface area contributed by atoms with E-state index >= 15 is 0 Å². The van der Waals surface area contributed by atoms with Crippen LogP contribution in [0.25, 0.3) is 0 Å². The van der Waals surface area contributed by atoms with Gasteiger partial charge in [0.15, 0.2) is 0 Å². The van der Waals surface area contributed by atoms with Crippen LogP contribution in [-0.2, 0) is 0 Å². The number of rotatable bonds is 2. The minimum absolute atomic E-state index is 0.00694. The molecular formula is C6H6O4. The summed E-state index contributed by atoms with van der Waals surface area (Å²) in [5.74, 6) is -1.07. The number of Topliss-reactive ketones (excluding diaryl/α,β-unsaturated/α-hetero) is 1. The number of hydrogen-bond acceptors (Lipinski definition) is 4. The normalized spacial score (nSPS) is 9.70. The first-order valence-electron chi connectivity index (χ1n) is 2.86. The molecule has 0 unspecified atom stereocenters. The van der Waals surface area contributed by atoms with E-state index in [1.54, 1.807) is 6.92 Å². The van der Waals surface area contributed by atoms with E-state index in [9.17, 15) is 9.59 Å². The van der Waals surface area contributed by atoms with Crippen LogP contribution in [0.2, 0.25) is 0 Å². The Labute approximate surface area is 56.4 Å². The second-order valence-corrected chi connectivity index (χ2v) is 1.73. The first-order valence-corrected chi connectivity index (χ1v) is 2.86. The standard InChI is InChI=1S/C6H6O4/c1-2-4(7)5-3-9-6(8)10-5/h3H,2H2,1H3. The lowest BCUT2D eigenvalue weighted by Crippen LogP contribution is -1.94. The largest absolute Gasteiger partial charge is 0.519 e. The van der Waals surface area contributed by atoms with Crippen LogP contribution in [0.15, 0.2) is 19.9 Å². The third-order valence-electron chi connectivity index (χ3n) is 1.05. The van der Waals surface area contributed by atoms with Crippen molar-refractivity contribution in [2.75, 3.05) is 0 Å². The van der Waals surface area contributed by atoms with Crippen LogP contribution >= 0.6 is 0 Å². The summed E-state index contributed by atoms with van der Waals surface area (Å²) in [6.07, 6.45) is 1.33. The Morgan fingerprint density at radius 3 is 2.80 bits per heavy atom. The molecule has 0 spiro atoms. The fourth-order valence-electron chi connectivity index (χ4n) is 0.536. The van der Waals surface area contributed by atoms with Crippen molar-refractivity contribution in [3.05, 3.63) is 22.6 Å². The smallest absolute Gasteiger partial charge is 0.399 e. The Morgan fingerprint density at radius 1 is 1.70 bits per heavy atom. The lowest BCUT2D eigenvalue weighted by atomic mass is 10.3. The van der Waals surface area contributed by atoms with E-state index in [1.165, 1.54) is 0 Å². The topological polar surface area (TPSA) is 60.4 Å². The van der Waals surface area contributed by atoms with E-state index in [0.29, 0.717) is 6.42 Å². The molecular weight excluding hydrogens is 136 g/mol. The van der Waals surface area contributed by atoms with Crippen molar-refractivity contribution in [1.29, 1.82) is 0 Å². The number of hydrogen-bond donors (Lipinski definition) is 0. The first-order chi connectivity index (χ1) is 4.74. The Kier molecular flexibility index (Phi) is 1.71. The molecule has 1 aromatic heterocycles. The molecule has 1 aromatic rings. The van der Waals surface area contributed by atoms with Crippen LogP contribution in [-0.4, -0.2) is 5.78 Å². The molecule has 4 heteroatoms. The summed E-state index contributed by atoms with van der Waals surface area (Å²) >= 11 is 0. The van der Waals surface area contributed by atoms with Crippen LogP contribution in [0.4, 0.5) is 0 Å². The molecule has 4 nitrogen and oxygen atoms in total. The molecule has 1 rings (SSSR count). The predicted molar refractivity (Wildman–Crippen MR) is 31.9 cm³/mol. The van der Waals surface area contributed by atoms with E-state index in [1.807, 2.05) is 0 Å². The zero-order valence-corrected chi connectivity index (χ0v) is 5.42. The third-order valence-corrected chi connectivity index (χ3v) is 1.05. The second-order valence-electron chi connectivity index (χ2n) is 1.73. The van der Waals surface area contributed by atoms with Crippen LogP contribution in [0.3, 0.4) is 0 Å². The van der Waals surface area contributed by atoms with Gasteiger partial charge < -0.3 is 8.83 Å². The highest BCUT2D eigenvalue weighted by molar-refractivity contribution is 5.92. The second kappa shape index (κ2) is 2.51. The molecule has 0 amide bonds. The summed E-state index contributed by atoms with van der Waals surface area (Å²) in [5.41, 5.74) is 0. The van der Waals surface area contributed by atoms with Gasteiger partial charge >= 0.3 is 5.82 Å². The zero-order chi connectivity index (χ0) is 7.56. The van der Waals surface area contributed by atoms with Gasteiger partial charge in [0.05, 0.1) is 0 Å². The van der Waals surface area contributed by atoms with E-state index in [-0.39, 0.29) is 11.5 Å². The molecule has 0 bridgehead atoms. The average Bonchev–Trinajstić information content (AvgIpc) is 2.34. The Bertz CT molecular complexity index is 280. The molecule has 0 fully saturated rings. The van der Waals surface area contributed by atoms with Gasteiger partial charge in [-0.2, -0.15) is 0 Å². The maximum Gasteiger partial charge on any atom is 0.519 e. The summed E-state index contributed by atoms with van der Waals surface area (Å²) < 4.78 is 8.61. The maximum absolute atomic E-state index is 10.7. The maximum atomic E-state index is 10.7. The Morgan fingerprint density at radius 2 is 2.40 bits per heavy atom. The number of carbonyl (C=O) groups excluding carboxylic acids is 1. The summed E-state index contributed by atoms with van der Waals surface area (Å²) in [7, 11) is 0. The van der Waals surface area contributed by atoms with Gasteiger partial charge in [-0.05, 0) is 0 Å². The molecule has 0 atom stereocenters. The Hall–Kier alpha value is -1.32. The lowest BCUT2D eigenvalue weighted by molar-refractivity contribution is 0.0959. The highest BCUT2D eigenvalue weighted by Crippen LogP contribution is 1.98. The predicted octanol–water partition coefficient (Wildman–Crippen LogP) is 0.826. The van der Waals surface area contributed by atoms with Gasteiger partial charge in [0.25, 0.3) is 0 Å². The van der Waals surface area contributed by atoms with Crippen molar-refractivity contribution in [3.63, 3.8) is 0 Å². The van der Waals surface area contributed by atoms with Crippen LogP contribution in [0.1, 0.15) is 23.9 Å². The minimum Gasteiger partial charge on any atom is -0.399 e. The molecule has 0 radical (unpaired) electrons. The van der Waals surface area contributed by atoms with E-state index < -0.39 is 5.82 Å². The van der Waals surface area contributed by atoms with Gasteiger partial charge in [-0.1, -0.05) is 6.92 Å². The summed E-state index contributed by atoms with van der Waals surface area (Å²) in [5, 5.41) is 0. The van der Waals surface area contributed by atoms with Crippen molar-refractivity contribution < 1.29 is 13.6 Å². The average molecular weight is 142 g/mol. The van der Waals surface area contributed by atoms with Gasteiger partial charge in [0.2, 0.25) is 11.5 Å². The van der Waals surface area contributed by atoms with Gasteiger partial charge in [0.1, 0.15) is 6.26 Å². The molecule has 54 valence electrons. The van der Waals surface area contributed by atoms with E-state index in [4.69, 9.17) is 0 Å². The monoisotopic (exact) mass is 142 g/mol. The van der Waals surface area contributed by atoms with Crippen LogP contribution in [0, 0.1) is 0 Å². The SMILES string of the molecule is CCC(=O)c1coc(=O)o1. The molecule has 0 N–H and O–H groups in total. The van der Waals surface area contributed by atoms with Crippen molar-refractivity contribution in [2.45, 2.75) is 13.3 Å². The molecule has 0 saturated carbocycles. The molecule has 0 aromatic carbocycles. The fraction of sp³-hybridized carbons (Fsp3) is 0.333. The van der Waals surface area contributed by atoms with E-state index in [2.05, 4.69) is 8.83 Å². The Balaban J connectivity index is 2.95. The van der Waals surface area contributed by atoms with Gasteiger partial charge in [0, 0.05) is 6.42 Å². The number of ketones is 1. The van der Waals surface area contributed by atoms with Gasteiger partial charge in [-0.15, -0.1) is 0 Å². The molecule has 0 aliphatic rings. The molecule has 0 saturated heterocycles.